The van der Waals surface area contributed by atoms with Crippen LogP contribution in [0.5, 0.6) is 0 Å². The molecule has 0 aliphatic heterocycles. The predicted octanol–water partition coefficient (Wildman–Crippen LogP) is 1.59. The summed E-state index contributed by atoms with van der Waals surface area (Å²) in [4.78, 5) is 11.0. The lowest BCUT2D eigenvalue weighted by atomic mass is 10.3. The molecule has 0 aromatic rings. The molecule has 0 aromatic heterocycles. The second-order valence-electron chi connectivity index (χ2n) is 3.44. The molecule has 0 amide bonds. The van der Waals surface area contributed by atoms with Crippen LogP contribution in [0, 0.1) is 0 Å². The first-order chi connectivity index (χ1) is 7.70. The molecule has 16 heavy (non-hydrogen) atoms. The molecule has 0 saturated carbocycles. The fraction of sp³-hybridized carbons (Fsp3) is 0.818. The van der Waals surface area contributed by atoms with Gasteiger partial charge in [0.25, 0.3) is 0 Å². The van der Waals surface area contributed by atoms with Crippen molar-refractivity contribution in [2.75, 3.05) is 19.7 Å². The van der Waals surface area contributed by atoms with Crippen molar-refractivity contribution in [1.29, 1.82) is 0 Å². The Kier molecular flexibility index (Phi) is 10.1. The summed E-state index contributed by atoms with van der Waals surface area (Å²) in [5.74, 6) is -0.144. The Morgan fingerprint density at radius 1 is 1.19 bits per heavy atom. The van der Waals surface area contributed by atoms with Gasteiger partial charge in [-0.1, -0.05) is 13.3 Å². The molecule has 0 unspecified atom stereocenters. The van der Waals surface area contributed by atoms with Gasteiger partial charge in [-0.05, 0) is 32.0 Å². The van der Waals surface area contributed by atoms with E-state index in [1.165, 1.54) is 0 Å². The SMILES string of the molecule is CCCCNC(=S)NCCCC(=O)OCC. The Hall–Kier alpha value is -0.840. The minimum atomic E-state index is -0.144. The Morgan fingerprint density at radius 3 is 2.38 bits per heavy atom. The van der Waals surface area contributed by atoms with E-state index in [0.29, 0.717) is 24.7 Å². The summed E-state index contributed by atoms with van der Waals surface area (Å²) in [6.07, 6.45) is 3.45. The van der Waals surface area contributed by atoms with Crippen molar-refractivity contribution in [3.05, 3.63) is 0 Å². The van der Waals surface area contributed by atoms with Gasteiger partial charge in [0, 0.05) is 19.5 Å². The number of thiocarbonyl (C=S) groups is 1. The van der Waals surface area contributed by atoms with Crippen LogP contribution in [-0.4, -0.2) is 30.8 Å². The Bertz CT molecular complexity index is 210. The minimum Gasteiger partial charge on any atom is -0.466 e. The van der Waals surface area contributed by atoms with Crippen LogP contribution in [0.1, 0.15) is 39.5 Å². The molecule has 0 atom stereocenters. The van der Waals surface area contributed by atoms with Gasteiger partial charge in [-0.2, -0.15) is 0 Å². The molecule has 5 heteroatoms. The van der Waals surface area contributed by atoms with E-state index < -0.39 is 0 Å². The number of unbranched alkanes of at least 4 members (excludes halogenated alkanes) is 1. The molecule has 0 aliphatic rings. The smallest absolute Gasteiger partial charge is 0.305 e. The van der Waals surface area contributed by atoms with Gasteiger partial charge in [0.1, 0.15) is 0 Å². The van der Waals surface area contributed by atoms with Crippen molar-refractivity contribution >= 4 is 23.3 Å². The number of ether oxygens (including phenoxy) is 1. The summed E-state index contributed by atoms with van der Waals surface area (Å²) in [7, 11) is 0. The molecule has 94 valence electrons. The number of nitrogens with one attached hydrogen (secondary N) is 2. The third-order valence-electron chi connectivity index (χ3n) is 1.96. The molecule has 0 aromatic carbocycles. The fourth-order valence-electron chi connectivity index (χ4n) is 1.11. The van der Waals surface area contributed by atoms with Gasteiger partial charge in [-0.3, -0.25) is 4.79 Å². The van der Waals surface area contributed by atoms with Gasteiger partial charge in [0.15, 0.2) is 5.11 Å². The highest BCUT2D eigenvalue weighted by molar-refractivity contribution is 7.80. The van der Waals surface area contributed by atoms with Crippen molar-refractivity contribution in [1.82, 2.24) is 10.6 Å². The molecular weight excluding hydrogens is 224 g/mol. The summed E-state index contributed by atoms with van der Waals surface area (Å²) in [6.45, 7) is 6.00. The highest BCUT2D eigenvalue weighted by Crippen LogP contribution is 1.91. The van der Waals surface area contributed by atoms with E-state index >= 15 is 0 Å². The first-order valence-corrected chi connectivity index (χ1v) is 6.28. The van der Waals surface area contributed by atoms with E-state index in [0.717, 1.165) is 25.8 Å². The van der Waals surface area contributed by atoms with Crippen molar-refractivity contribution in [2.24, 2.45) is 0 Å². The van der Waals surface area contributed by atoms with E-state index in [1.54, 1.807) is 0 Å². The Labute approximate surface area is 103 Å². The molecule has 0 aliphatic carbocycles. The normalized spacial score (nSPS) is 9.62. The lowest BCUT2D eigenvalue weighted by Gasteiger charge is -2.09. The first kappa shape index (κ1) is 15.2. The molecular formula is C11H22N2O2S. The molecule has 0 saturated heterocycles. The van der Waals surface area contributed by atoms with Crippen LogP contribution in [0.15, 0.2) is 0 Å². The third kappa shape index (κ3) is 9.71. The van der Waals surface area contributed by atoms with E-state index in [-0.39, 0.29) is 5.97 Å². The number of hydrogen-bond donors (Lipinski definition) is 2. The molecule has 4 nitrogen and oxygen atoms in total. The monoisotopic (exact) mass is 246 g/mol. The molecule has 0 radical (unpaired) electrons. The summed E-state index contributed by atoms with van der Waals surface area (Å²) >= 11 is 5.06. The van der Waals surface area contributed by atoms with Gasteiger partial charge >= 0.3 is 5.97 Å². The summed E-state index contributed by atoms with van der Waals surface area (Å²) in [5.41, 5.74) is 0. The van der Waals surface area contributed by atoms with E-state index in [9.17, 15) is 4.79 Å². The average Bonchev–Trinajstić information content (AvgIpc) is 2.25. The van der Waals surface area contributed by atoms with Crippen molar-refractivity contribution in [3.63, 3.8) is 0 Å². The molecule has 0 heterocycles. The largest absolute Gasteiger partial charge is 0.466 e. The van der Waals surface area contributed by atoms with Crippen molar-refractivity contribution in [3.8, 4) is 0 Å². The lowest BCUT2D eigenvalue weighted by molar-refractivity contribution is -0.143. The zero-order chi connectivity index (χ0) is 12.2. The maximum atomic E-state index is 11.0. The molecule has 0 rings (SSSR count). The number of esters is 1. The summed E-state index contributed by atoms with van der Waals surface area (Å²) in [5, 5.41) is 6.82. The van der Waals surface area contributed by atoms with Gasteiger partial charge in [-0.15, -0.1) is 0 Å². The maximum Gasteiger partial charge on any atom is 0.305 e. The molecule has 0 spiro atoms. The predicted molar refractivity (Wildman–Crippen MR) is 69.4 cm³/mol. The second-order valence-corrected chi connectivity index (χ2v) is 3.85. The minimum absolute atomic E-state index is 0.144. The van der Waals surface area contributed by atoms with Crippen LogP contribution < -0.4 is 10.6 Å². The number of carbonyl (C=O) groups is 1. The van der Waals surface area contributed by atoms with Crippen LogP contribution in [-0.2, 0) is 9.53 Å². The average molecular weight is 246 g/mol. The highest BCUT2D eigenvalue weighted by Gasteiger charge is 2.00. The van der Waals surface area contributed by atoms with Crippen LogP contribution in [0.4, 0.5) is 0 Å². The van der Waals surface area contributed by atoms with Gasteiger partial charge < -0.3 is 15.4 Å². The number of rotatable bonds is 8. The van der Waals surface area contributed by atoms with Crippen LogP contribution in [0.3, 0.4) is 0 Å². The maximum absolute atomic E-state index is 11.0. The van der Waals surface area contributed by atoms with Crippen LogP contribution >= 0.6 is 12.2 Å². The lowest BCUT2D eigenvalue weighted by Crippen LogP contribution is -2.36. The molecule has 2 N–H and O–H groups in total. The highest BCUT2D eigenvalue weighted by atomic mass is 32.1. The topological polar surface area (TPSA) is 50.4 Å². The Morgan fingerprint density at radius 2 is 1.81 bits per heavy atom. The summed E-state index contributed by atoms with van der Waals surface area (Å²) < 4.78 is 4.81. The van der Waals surface area contributed by atoms with Gasteiger partial charge in [0.05, 0.1) is 6.61 Å². The first-order valence-electron chi connectivity index (χ1n) is 5.88. The van der Waals surface area contributed by atoms with Crippen LogP contribution in [0.2, 0.25) is 0 Å². The van der Waals surface area contributed by atoms with Crippen LogP contribution in [0.25, 0.3) is 0 Å². The zero-order valence-electron chi connectivity index (χ0n) is 10.2. The van der Waals surface area contributed by atoms with Gasteiger partial charge in [0.2, 0.25) is 0 Å². The summed E-state index contributed by atoms with van der Waals surface area (Å²) in [6, 6.07) is 0. The van der Waals surface area contributed by atoms with Gasteiger partial charge in [-0.25, -0.2) is 0 Å². The van der Waals surface area contributed by atoms with E-state index in [4.69, 9.17) is 17.0 Å². The quantitative estimate of drug-likeness (QED) is 0.387. The third-order valence-corrected chi connectivity index (χ3v) is 2.25. The zero-order valence-corrected chi connectivity index (χ0v) is 11.0. The van der Waals surface area contributed by atoms with Crippen molar-refractivity contribution < 1.29 is 9.53 Å². The van der Waals surface area contributed by atoms with Crippen molar-refractivity contribution in [2.45, 2.75) is 39.5 Å². The second kappa shape index (κ2) is 10.7. The number of hydrogen-bond acceptors (Lipinski definition) is 3. The molecule has 0 fully saturated rings. The number of carbonyl (C=O) groups excluding carboxylic acids is 1. The standard InChI is InChI=1S/C11H22N2O2S/c1-3-5-8-12-11(16)13-9-6-7-10(14)15-4-2/h3-9H2,1-2H3,(H2,12,13,16). The van der Waals surface area contributed by atoms with E-state index in [2.05, 4.69) is 17.6 Å². The fourth-order valence-corrected chi connectivity index (χ4v) is 1.31. The molecule has 0 bridgehead atoms. The Balaban J connectivity index is 3.30. The van der Waals surface area contributed by atoms with E-state index in [1.807, 2.05) is 6.92 Å².